The Morgan fingerprint density at radius 2 is 1.81 bits per heavy atom. The van der Waals surface area contributed by atoms with Gasteiger partial charge in [0.15, 0.2) is 27.1 Å². The van der Waals surface area contributed by atoms with Gasteiger partial charge in [-0.05, 0) is 13.0 Å². The van der Waals surface area contributed by atoms with Crippen molar-refractivity contribution in [3.8, 4) is 11.5 Å². The zero-order chi connectivity index (χ0) is 11.9. The molecule has 0 N–H and O–H groups in total. The summed E-state index contributed by atoms with van der Waals surface area (Å²) in [6.45, 7) is 1.35. The number of carbonyl (C=O) groups is 1. The maximum absolute atomic E-state index is 11.5. The highest BCUT2D eigenvalue weighted by Crippen LogP contribution is 2.36. The number of ether oxygens (including phenoxy) is 2. The largest absolute Gasteiger partial charge is 0.454 e. The summed E-state index contributed by atoms with van der Waals surface area (Å²) in [6, 6.07) is 2.73. The number of carbonyl (C=O) groups excluding carboxylic acids is 1. The van der Waals surface area contributed by atoms with E-state index in [1.54, 1.807) is 0 Å². The molecule has 0 aliphatic carbocycles. The van der Waals surface area contributed by atoms with Crippen molar-refractivity contribution < 1.29 is 22.7 Å². The highest BCUT2D eigenvalue weighted by molar-refractivity contribution is 7.90. The summed E-state index contributed by atoms with van der Waals surface area (Å²) in [4.78, 5) is 11.3. The van der Waals surface area contributed by atoms with Crippen LogP contribution in [0.1, 0.15) is 17.3 Å². The van der Waals surface area contributed by atoms with Gasteiger partial charge in [0, 0.05) is 17.9 Å². The average molecular weight is 242 g/mol. The molecule has 5 nitrogen and oxygen atoms in total. The van der Waals surface area contributed by atoms with Crippen molar-refractivity contribution in [1.29, 1.82) is 0 Å². The van der Waals surface area contributed by atoms with Crippen molar-refractivity contribution in [2.45, 2.75) is 11.8 Å². The maximum atomic E-state index is 11.5. The van der Waals surface area contributed by atoms with E-state index in [1.165, 1.54) is 19.1 Å². The number of hydrogen-bond acceptors (Lipinski definition) is 5. The molecule has 0 aromatic heterocycles. The highest BCUT2D eigenvalue weighted by atomic mass is 32.2. The molecular formula is C10H10O5S. The van der Waals surface area contributed by atoms with Crippen molar-refractivity contribution in [2.75, 3.05) is 13.0 Å². The summed E-state index contributed by atoms with van der Waals surface area (Å²) in [5, 5.41) is 0. The number of rotatable bonds is 2. The lowest BCUT2D eigenvalue weighted by molar-refractivity contribution is 0.101. The first-order chi connectivity index (χ1) is 7.39. The van der Waals surface area contributed by atoms with Gasteiger partial charge >= 0.3 is 0 Å². The average Bonchev–Trinajstić information content (AvgIpc) is 2.60. The summed E-state index contributed by atoms with van der Waals surface area (Å²) in [5.41, 5.74) is 0.131. The van der Waals surface area contributed by atoms with Crippen molar-refractivity contribution >= 4 is 15.6 Å². The van der Waals surface area contributed by atoms with Crippen LogP contribution in [0.25, 0.3) is 0 Å². The van der Waals surface area contributed by atoms with Crippen LogP contribution in [0.4, 0.5) is 0 Å². The summed E-state index contributed by atoms with van der Waals surface area (Å²) in [5.74, 6) is 0.432. The first-order valence-electron chi connectivity index (χ1n) is 4.54. The van der Waals surface area contributed by atoms with E-state index >= 15 is 0 Å². The topological polar surface area (TPSA) is 69.7 Å². The molecule has 1 heterocycles. The molecule has 86 valence electrons. The fourth-order valence-corrected chi connectivity index (χ4v) is 2.43. The summed E-state index contributed by atoms with van der Waals surface area (Å²) < 4.78 is 33.2. The Kier molecular flexibility index (Phi) is 2.38. The minimum Gasteiger partial charge on any atom is -0.454 e. The molecular weight excluding hydrogens is 232 g/mol. The molecule has 1 aromatic carbocycles. The van der Waals surface area contributed by atoms with Gasteiger partial charge in [0.05, 0.1) is 4.90 Å². The summed E-state index contributed by atoms with van der Waals surface area (Å²) >= 11 is 0. The van der Waals surface area contributed by atoms with Crippen LogP contribution in [-0.2, 0) is 9.84 Å². The van der Waals surface area contributed by atoms with Crippen LogP contribution >= 0.6 is 0 Å². The quantitative estimate of drug-likeness (QED) is 0.724. The second-order valence-electron chi connectivity index (χ2n) is 3.53. The molecule has 0 atom stereocenters. The lowest BCUT2D eigenvalue weighted by Gasteiger charge is -2.06. The van der Waals surface area contributed by atoms with Crippen molar-refractivity contribution in [2.24, 2.45) is 0 Å². The van der Waals surface area contributed by atoms with Gasteiger partial charge < -0.3 is 9.47 Å². The lowest BCUT2D eigenvalue weighted by atomic mass is 10.1. The number of hydrogen-bond donors (Lipinski definition) is 0. The molecule has 1 aliphatic heterocycles. The van der Waals surface area contributed by atoms with Crippen LogP contribution in [0.2, 0.25) is 0 Å². The standard InChI is InChI=1S/C10H10O5S/c1-6(11)7-3-8-9(15-5-14-8)4-10(7)16(2,12)13/h3-4H,5H2,1-2H3. The molecule has 0 saturated heterocycles. The van der Waals surface area contributed by atoms with E-state index in [-0.39, 0.29) is 23.0 Å². The Balaban J connectivity index is 2.72. The minimum absolute atomic E-state index is 0.0238. The fraction of sp³-hybridized carbons (Fsp3) is 0.300. The van der Waals surface area contributed by atoms with Gasteiger partial charge in [-0.1, -0.05) is 0 Å². The molecule has 1 aliphatic rings. The second-order valence-corrected chi connectivity index (χ2v) is 5.51. The van der Waals surface area contributed by atoms with E-state index in [1.807, 2.05) is 0 Å². The number of sulfone groups is 1. The zero-order valence-electron chi connectivity index (χ0n) is 8.81. The summed E-state index contributed by atoms with van der Waals surface area (Å²) in [6.07, 6.45) is 1.05. The van der Waals surface area contributed by atoms with Gasteiger partial charge in [-0.15, -0.1) is 0 Å². The van der Waals surface area contributed by atoms with Crippen molar-refractivity contribution in [1.82, 2.24) is 0 Å². The van der Waals surface area contributed by atoms with Crippen LogP contribution in [0.3, 0.4) is 0 Å². The van der Waals surface area contributed by atoms with Gasteiger partial charge in [0.2, 0.25) is 6.79 Å². The van der Waals surface area contributed by atoms with Crippen molar-refractivity contribution in [3.63, 3.8) is 0 Å². The number of benzene rings is 1. The molecule has 1 aromatic rings. The van der Waals surface area contributed by atoms with Crippen LogP contribution in [0.5, 0.6) is 11.5 Å². The Labute approximate surface area is 92.9 Å². The Bertz CT molecular complexity index is 559. The highest BCUT2D eigenvalue weighted by Gasteiger charge is 2.23. The molecule has 0 fully saturated rings. The lowest BCUT2D eigenvalue weighted by Crippen LogP contribution is -2.05. The van der Waals surface area contributed by atoms with Gasteiger partial charge in [-0.2, -0.15) is 0 Å². The van der Waals surface area contributed by atoms with E-state index in [9.17, 15) is 13.2 Å². The maximum Gasteiger partial charge on any atom is 0.231 e. The molecule has 0 saturated carbocycles. The van der Waals surface area contributed by atoms with Crippen molar-refractivity contribution in [3.05, 3.63) is 17.7 Å². The van der Waals surface area contributed by atoms with E-state index in [0.717, 1.165) is 6.26 Å². The first kappa shape index (κ1) is 10.9. The number of Topliss-reactive ketones (excluding diaryl/α,β-unsaturated/α-hetero) is 1. The van der Waals surface area contributed by atoms with Crippen LogP contribution < -0.4 is 9.47 Å². The Morgan fingerprint density at radius 3 is 2.31 bits per heavy atom. The molecule has 0 spiro atoms. The third-order valence-corrected chi connectivity index (χ3v) is 3.39. The van der Waals surface area contributed by atoms with Gasteiger partial charge in [0.25, 0.3) is 0 Å². The molecule has 16 heavy (non-hydrogen) atoms. The van der Waals surface area contributed by atoms with Gasteiger partial charge in [-0.3, -0.25) is 4.79 Å². The molecule has 0 amide bonds. The molecule has 0 bridgehead atoms. The Hall–Kier alpha value is -1.56. The smallest absolute Gasteiger partial charge is 0.231 e. The summed E-state index contributed by atoms with van der Waals surface area (Å²) in [7, 11) is -3.46. The van der Waals surface area contributed by atoms with E-state index in [4.69, 9.17) is 9.47 Å². The van der Waals surface area contributed by atoms with Gasteiger partial charge in [0.1, 0.15) is 0 Å². The second kappa shape index (κ2) is 3.48. The first-order valence-corrected chi connectivity index (χ1v) is 6.43. The monoisotopic (exact) mass is 242 g/mol. The predicted octanol–water partition coefficient (Wildman–Crippen LogP) is 1.02. The molecule has 0 radical (unpaired) electrons. The molecule has 0 unspecified atom stereocenters. The van der Waals surface area contributed by atoms with Crippen LogP contribution in [-0.4, -0.2) is 27.2 Å². The zero-order valence-corrected chi connectivity index (χ0v) is 9.63. The number of fused-ring (bicyclic) bond motifs is 1. The molecule has 2 rings (SSSR count). The predicted molar refractivity (Wildman–Crippen MR) is 55.7 cm³/mol. The third-order valence-electron chi connectivity index (χ3n) is 2.25. The normalized spacial score (nSPS) is 13.9. The number of ketones is 1. The Morgan fingerprint density at radius 1 is 1.25 bits per heavy atom. The fourth-order valence-electron chi connectivity index (χ4n) is 1.51. The van der Waals surface area contributed by atoms with E-state index in [2.05, 4.69) is 0 Å². The third kappa shape index (κ3) is 1.76. The van der Waals surface area contributed by atoms with E-state index < -0.39 is 9.84 Å². The van der Waals surface area contributed by atoms with Gasteiger partial charge in [-0.25, -0.2) is 8.42 Å². The van der Waals surface area contributed by atoms with Crippen LogP contribution in [0.15, 0.2) is 17.0 Å². The van der Waals surface area contributed by atoms with E-state index in [0.29, 0.717) is 11.5 Å². The molecule has 6 heteroatoms. The minimum atomic E-state index is -3.46. The van der Waals surface area contributed by atoms with Crippen LogP contribution in [0, 0.1) is 0 Å². The SMILES string of the molecule is CC(=O)c1cc2c(cc1S(C)(=O)=O)OCO2.